The second-order valence-corrected chi connectivity index (χ2v) is 9.24. The molecule has 2 atom stereocenters. The summed E-state index contributed by atoms with van der Waals surface area (Å²) in [6.07, 6.45) is 9.51. The van der Waals surface area contributed by atoms with E-state index in [2.05, 4.69) is 20.1 Å². The first-order valence-electron chi connectivity index (χ1n) is 11.7. The van der Waals surface area contributed by atoms with Crippen molar-refractivity contribution in [3.8, 4) is 16.9 Å². The van der Waals surface area contributed by atoms with Gasteiger partial charge in [0.05, 0.1) is 42.6 Å². The van der Waals surface area contributed by atoms with E-state index in [0.29, 0.717) is 23.4 Å². The minimum atomic E-state index is -1.49. The molecule has 2 aliphatic rings. The van der Waals surface area contributed by atoms with Crippen molar-refractivity contribution in [2.75, 3.05) is 6.54 Å². The number of ketones is 1. The van der Waals surface area contributed by atoms with E-state index in [-0.39, 0.29) is 30.0 Å². The zero-order valence-electron chi connectivity index (χ0n) is 19.4. The minimum Gasteiger partial charge on any atom is -0.293 e. The maximum atomic E-state index is 14.0. The highest BCUT2D eigenvalue weighted by atomic mass is 19.2. The normalized spacial score (nSPS) is 19.3. The van der Waals surface area contributed by atoms with Gasteiger partial charge in [-0.3, -0.25) is 19.4 Å². The fraction of sp³-hybridized carbons (Fsp3) is 0.320. The van der Waals surface area contributed by atoms with E-state index in [0.717, 1.165) is 42.7 Å². The Morgan fingerprint density at radius 3 is 2.56 bits per heavy atom. The van der Waals surface area contributed by atoms with E-state index < -0.39 is 17.5 Å². The molecule has 0 saturated carbocycles. The van der Waals surface area contributed by atoms with Gasteiger partial charge in [0, 0.05) is 36.0 Å². The van der Waals surface area contributed by atoms with Crippen LogP contribution in [0, 0.1) is 17.5 Å². The van der Waals surface area contributed by atoms with E-state index in [1.165, 1.54) is 11.0 Å². The molecule has 11 heteroatoms. The maximum absolute atomic E-state index is 14.0. The quantitative estimate of drug-likeness (QED) is 0.311. The molecule has 0 N–H and O–H groups in total. The molecule has 1 saturated heterocycles. The van der Waals surface area contributed by atoms with Crippen LogP contribution in [0.1, 0.15) is 46.9 Å². The van der Waals surface area contributed by atoms with Crippen LogP contribution in [-0.4, -0.2) is 53.0 Å². The Morgan fingerprint density at radius 1 is 1.06 bits per heavy atom. The van der Waals surface area contributed by atoms with Gasteiger partial charge in [0.2, 0.25) is 0 Å². The third-order valence-corrected chi connectivity index (χ3v) is 7.09. The largest absolute Gasteiger partial charge is 0.293 e. The third kappa shape index (κ3) is 3.70. The van der Waals surface area contributed by atoms with E-state index >= 15 is 0 Å². The van der Waals surface area contributed by atoms with Gasteiger partial charge in [-0.2, -0.15) is 20.1 Å². The molecule has 2 aliphatic heterocycles. The number of rotatable bonds is 5. The standard InChI is InChI=1S/C25H22F3N7O/c1-33-25(14-8-19(26)23(28)20(27)9-14)18-10-16-3-2-4-21(24(18)32-33)34(16)13-22(36)15-7-17(12-29-11-15)35-30-5-6-31-35/h5-9,11-12,16,21H,2-4,10,13H2,1H3/t16-,21+/m1/s1. The highest BCUT2D eigenvalue weighted by molar-refractivity contribution is 5.97. The lowest BCUT2D eigenvalue weighted by Gasteiger charge is -2.45. The molecule has 6 rings (SSSR count). The Hall–Kier alpha value is -3.86. The van der Waals surface area contributed by atoms with E-state index in [1.807, 2.05) is 0 Å². The Balaban J connectivity index is 1.32. The van der Waals surface area contributed by atoms with Crippen LogP contribution in [0.5, 0.6) is 0 Å². The summed E-state index contributed by atoms with van der Waals surface area (Å²) in [5.74, 6) is -4.03. The van der Waals surface area contributed by atoms with Crippen LogP contribution in [0.25, 0.3) is 16.9 Å². The predicted molar refractivity (Wildman–Crippen MR) is 123 cm³/mol. The van der Waals surface area contributed by atoms with Crippen LogP contribution in [0.3, 0.4) is 0 Å². The molecule has 5 heterocycles. The third-order valence-electron chi connectivity index (χ3n) is 7.09. The van der Waals surface area contributed by atoms with Crippen molar-refractivity contribution >= 4 is 5.78 Å². The van der Waals surface area contributed by atoms with Gasteiger partial charge in [-0.15, -0.1) is 0 Å². The summed E-state index contributed by atoms with van der Waals surface area (Å²) in [5.41, 5.74) is 3.59. The molecule has 4 aromatic rings. The van der Waals surface area contributed by atoms with Crippen molar-refractivity contribution in [1.82, 2.24) is 34.7 Å². The molecular formula is C25H22F3N7O. The van der Waals surface area contributed by atoms with E-state index in [9.17, 15) is 18.0 Å². The summed E-state index contributed by atoms with van der Waals surface area (Å²) in [6.45, 7) is 0.193. The first-order chi connectivity index (χ1) is 17.4. The molecule has 0 aliphatic carbocycles. The van der Waals surface area contributed by atoms with Crippen molar-refractivity contribution in [2.24, 2.45) is 7.05 Å². The average Bonchev–Trinajstić information content (AvgIpc) is 3.51. The number of fused-ring (bicyclic) bond motifs is 4. The Morgan fingerprint density at radius 2 is 1.81 bits per heavy atom. The van der Waals surface area contributed by atoms with Gasteiger partial charge in [-0.1, -0.05) is 0 Å². The number of carbonyl (C=O) groups excluding carboxylic acids is 1. The van der Waals surface area contributed by atoms with Gasteiger partial charge in [-0.25, -0.2) is 13.2 Å². The molecule has 3 aromatic heterocycles. The van der Waals surface area contributed by atoms with Crippen molar-refractivity contribution < 1.29 is 18.0 Å². The molecule has 0 unspecified atom stereocenters. The fourth-order valence-electron chi connectivity index (χ4n) is 5.53. The first-order valence-corrected chi connectivity index (χ1v) is 11.7. The Labute approximate surface area is 204 Å². The molecule has 0 amide bonds. The number of aromatic nitrogens is 6. The molecule has 1 aromatic carbocycles. The molecule has 36 heavy (non-hydrogen) atoms. The van der Waals surface area contributed by atoms with Crippen LogP contribution in [0.4, 0.5) is 13.2 Å². The minimum absolute atomic E-state index is 0.0715. The molecular weight excluding hydrogens is 471 g/mol. The second kappa shape index (κ2) is 8.66. The molecule has 8 nitrogen and oxygen atoms in total. The Bertz CT molecular complexity index is 1440. The van der Waals surface area contributed by atoms with Gasteiger partial charge in [0.1, 0.15) is 5.69 Å². The lowest BCUT2D eigenvalue weighted by molar-refractivity contribution is 0.0562. The zero-order valence-corrected chi connectivity index (χ0v) is 19.4. The van der Waals surface area contributed by atoms with Crippen LogP contribution < -0.4 is 0 Å². The lowest BCUT2D eigenvalue weighted by Crippen LogP contribution is -2.48. The zero-order chi connectivity index (χ0) is 25.0. The number of hydrogen-bond donors (Lipinski definition) is 0. The second-order valence-electron chi connectivity index (χ2n) is 9.24. The summed E-state index contributed by atoms with van der Waals surface area (Å²) in [7, 11) is 1.72. The fourth-order valence-corrected chi connectivity index (χ4v) is 5.53. The van der Waals surface area contributed by atoms with Crippen LogP contribution in [0.15, 0.2) is 43.0 Å². The highest BCUT2D eigenvalue weighted by Crippen LogP contribution is 2.44. The molecule has 2 bridgehead atoms. The lowest BCUT2D eigenvalue weighted by atomic mass is 9.81. The number of halogens is 3. The van der Waals surface area contributed by atoms with Crippen LogP contribution >= 0.6 is 0 Å². The van der Waals surface area contributed by atoms with Crippen LogP contribution in [0.2, 0.25) is 0 Å². The summed E-state index contributed by atoms with van der Waals surface area (Å²) in [5, 5.41) is 12.9. The number of pyridine rings is 1. The number of aryl methyl sites for hydroxylation is 1. The molecule has 184 valence electrons. The van der Waals surface area contributed by atoms with Crippen LogP contribution in [-0.2, 0) is 13.5 Å². The molecule has 0 spiro atoms. The number of Topliss-reactive ketones (excluding diaryl/α,β-unsaturated/α-hetero) is 1. The topological polar surface area (TPSA) is 81.7 Å². The average molecular weight is 493 g/mol. The van der Waals surface area contributed by atoms with Gasteiger partial charge in [-0.05, 0) is 43.9 Å². The smallest absolute Gasteiger partial charge is 0.194 e. The van der Waals surface area contributed by atoms with Crippen molar-refractivity contribution in [3.05, 3.63) is 77.3 Å². The van der Waals surface area contributed by atoms with Crippen molar-refractivity contribution in [3.63, 3.8) is 0 Å². The van der Waals surface area contributed by atoms with Gasteiger partial charge in [0.15, 0.2) is 23.2 Å². The van der Waals surface area contributed by atoms with E-state index in [1.54, 1.807) is 36.4 Å². The van der Waals surface area contributed by atoms with Gasteiger partial charge in [0.25, 0.3) is 0 Å². The maximum Gasteiger partial charge on any atom is 0.194 e. The van der Waals surface area contributed by atoms with E-state index in [4.69, 9.17) is 5.10 Å². The highest BCUT2D eigenvalue weighted by Gasteiger charge is 2.41. The molecule has 0 radical (unpaired) electrons. The predicted octanol–water partition coefficient (Wildman–Crippen LogP) is 3.81. The van der Waals surface area contributed by atoms with Crippen molar-refractivity contribution in [2.45, 2.75) is 37.8 Å². The summed E-state index contributed by atoms with van der Waals surface area (Å²) >= 11 is 0. The SMILES string of the molecule is Cn1nc2c(c1-c1cc(F)c(F)c(F)c1)C[C@H]1CCC[C@@H]2N1CC(=O)c1cncc(-n2nccn2)c1. The summed E-state index contributed by atoms with van der Waals surface area (Å²) in [6, 6.07) is 3.71. The monoisotopic (exact) mass is 493 g/mol. The summed E-state index contributed by atoms with van der Waals surface area (Å²) < 4.78 is 43.2. The number of benzene rings is 1. The number of nitrogens with zero attached hydrogens (tertiary/aromatic N) is 7. The van der Waals surface area contributed by atoms with Crippen molar-refractivity contribution in [1.29, 1.82) is 0 Å². The first kappa shape index (κ1) is 22.6. The number of carbonyl (C=O) groups is 1. The van der Waals surface area contributed by atoms with Gasteiger partial charge >= 0.3 is 0 Å². The van der Waals surface area contributed by atoms with Gasteiger partial charge < -0.3 is 0 Å². The number of hydrogen-bond acceptors (Lipinski definition) is 6. The molecule has 1 fully saturated rings. The summed E-state index contributed by atoms with van der Waals surface area (Å²) in [4.78, 5) is 21.1. The number of piperidine rings is 1. The Kier molecular flexibility index (Phi) is 5.44.